The third kappa shape index (κ3) is 7.32. The molecule has 6 aromatic rings. The Morgan fingerprint density at radius 2 is 1.62 bits per heavy atom. The van der Waals surface area contributed by atoms with E-state index in [0.717, 1.165) is 43.4 Å². The molecule has 1 aliphatic heterocycles. The van der Waals surface area contributed by atoms with Crippen molar-refractivity contribution < 1.29 is 39.7 Å². The first-order valence-electron chi connectivity index (χ1n) is 16.2. The van der Waals surface area contributed by atoms with Gasteiger partial charge in [-0.2, -0.15) is 21.4 Å². The zero-order valence-electron chi connectivity index (χ0n) is 27.2. The minimum absolute atomic E-state index is 0.168. The molecule has 0 fully saturated rings. The molecule has 0 atom stereocenters. The van der Waals surface area contributed by atoms with Gasteiger partial charge in [0.15, 0.2) is 12.3 Å². The highest BCUT2D eigenvalue weighted by molar-refractivity contribution is 7.86. The molecule has 2 aromatic heterocycles. The van der Waals surface area contributed by atoms with Gasteiger partial charge in [-0.25, -0.2) is 0 Å². The van der Waals surface area contributed by atoms with Crippen LogP contribution in [0.25, 0.3) is 48.5 Å². The minimum Gasteiger partial charge on any atom is -0.439 e. The summed E-state index contributed by atoms with van der Waals surface area (Å²) < 4.78 is 81.1. The second-order valence-corrected chi connectivity index (χ2v) is 16.4. The number of oxazole rings is 1. The van der Waals surface area contributed by atoms with E-state index in [-0.39, 0.29) is 31.7 Å². The molecule has 0 spiro atoms. The number of hydrogen-bond donors (Lipinski definition) is 2. The number of nitrogens with zero attached hydrogens (tertiary/aromatic N) is 2. The topological polar surface area (TPSA) is 138 Å². The van der Waals surface area contributed by atoms with E-state index in [0.29, 0.717) is 29.5 Å². The van der Waals surface area contributed by atoms with Gasteiger partial charge in [0.1, 0.15) is 0 Å². The number of thiophene rings is 1. The molecule has 3 heterocycles. The molecule has 0 saturated heterocycles. The Hall–Kier alpha value is -4.53. The van der Waals surface area contributed by atoms with Crippen molar-refractivity contribution in [3.05, 3.63) is 108 Å². The van der Waals surface area contributed by atoms with Crippen LogP contribution >= 0.6 is 11.3 Å². The van der Waals surface area contributed by atoms with Crippen LogP contribution in [-0.4, -0.2) is 44.0 Å². The summed E-state index contributed by atoms with van der Waals surface area (Å²) in [4.78, 5) is 3.02. The van der Waals surface area contributed by atoms with Gasteiger partial charge in [-0.15, -0.1) is 11.3 Å². The molecule has 0 bridgehead atoms. The number of fused-ring (bicyclic) bond motifs is 5. The molecule has 1 aliphatic rings. The summed E-state index contributed by atoms with van der Waals surface area (Å²) in [6, 6.07) is 28.0. The molecular weight excluding hydrogens is 697 g/mol. The molecule has 4 aromatic carbocycles. The smallest absolute Gasteiger partial charge is 0.374 e. The van der Waals surface area contributed by atoms with Crippen LogP contribution in [0.3, 0.4) is 0 Å². The van der Waals surface area contributed by atoms with Crippen LogP contribution in [0.5, 0.6) is 5.75 Å². The maximum Gasteiger partial charge on any atom is 0.374 e. The van der Waals surface area contributed by atoms with Crippen LogP contribution in [0.2, 0.25) is 0 Å². The van der Waals surface area contributed by atoms with Crippen LogP contribution in [-0.2, 0) is 26.8 Å². The maximum absolute atomic E-state index is 11.6. The number of benzene rings is 4. The number of aromatic nitrogens is 1. The fourth-order valence-corrected chi connectivity index (χ4v) is 8.34. The lowest BCUT2D eigenvalue weighted by molar-refractivity contribution is -0.677. The van der Waals surface area contributed by atoms with Gasteiger partial charge in [0.25, 0.3) is 25.8 Å². The van der Waals surface area contributed by atoms with Gasteiger partial charge >= 0.3 is 5.89 Å². The number of anilines is 1. The lowest BCUT2D eigenvalue weighted by Crippen LogP contribution is -2.36. The van der Waals surface area contributed by atoms with E-state index in [4.69, 9.17) is 9.15 Å². The lowest BCUT2D eigenvalue weighted by Gasteiger charge is -2.18. The van der Waals surface area contributed by atoms with Crippen molar-refractivity contribution in [1.82, 2.24) is 0 Å². The van der Waals surface area contributed by atoms with Gasteiger partial charge in [-0.3, -0.25) is 9.11 Å². The molecule has 0 radical (unpaired) electrons. The van der Waals surface area contributed by atoms with Crippen molar-refractivity contribution in [1.29, 1.82) is 0 Å². The van der Waals surface area contributed by atoms with Gasteiger partial charge in [0.2, 0.25) is 11.5 Å². The van der Waals surface area contributed by atoms with Crippen LogP contribution < -0.4 is 14.2 Å². The Bertz CT molecular complexity index is 2500. The Kier molecular flexibility index (Phi) is 9.26. The predicted octanol–water partition coefficient (Wildman–Crippen LogP) is 7.84. The fourth-order valence-electron chi connectivity index (χ4n) is 6.29. The van der Waals surface area contributed by atoms with Crippen LogP contribution in [0.1, 0.15) is 32.1 Å². The van der Waals surface area contributed by atoms with Crippen molar-refractivity contribution in [2.75, 3.05) is 23.0 Å². The third-order valence-electron chi connectivity index (χ3n) is 8.65. The zero-order chi connectivity index (χ0) is 35.0. The van der Waals surface area contributed by atoms with E-state index in [1.165, 1.54) is 4.70 Å². The van der Waals surface area contributed by atoms with Gasteiger partial charge in [-0.05, 0) is 77.2 Å². The molecule has 50 heavy (non-hydrogen) atoms. The summed E-state index contributed by atoms with van der Waals surface area (Å²) in [7, 11) is -8.31. The summed E-state index contributed by atoms with van der Waals surface area (Å²) in [5, 5.41) is 3.11. The number of ether oxygens (including phenoxy) is 1. The third-order valence-corrected chi connectivity index (χ3v) is 11.4. The summed E-state index contributed by atoms with van der Waals surface area (Å²) in [5.74, 6) is 0.838. The molecule has 0 saturated carbocycles. The maximum atomic E-state index is 11.6. The number of allylic oxidation sites excluding steroid dienone is 2. The molecule has 0 amide bonds. The molecule has 7 rings (SSSR count). The van der Waals surface area contributed by atoms with E-state index < -0.39 is 26.0 Å². The molecule has 0 unspecified atom stereocenters. The van der Waals surface area contributed by atoms with Gasteiger partial charge in [0, 0.05) is 28.6 Å². The first-order valence-corrected chi connectivity index (χ1v) is 20.2. The highest BCUT2D eigenvalue weighted by atomic mass is 32.2. The van der Waals surface area contributed by atoms with E-state index >= 15 is 0 Å². The molecular formula is C37H35N2O8S3+. The summed E-state index contributed by atoms with van der Waals surface area (Å²) in [5.41, 5.74) is 4.07. The van der Waals surface area contributed by atoms with E-state index in [9.17, 15) is 25.9 Å². The summed E-state index contributed by atoms with van der Waals surface area (Å²) in [6.45, 7) is 2.55. The first-order chi connectivity index (χ1) is 24.0. The van der Waals surface area contributed by atoms with Crippen LogP contribution in [0.15, 0.2) is 107 Å². The quantitative estimate of drug-likeness (QED) is 0.0952. The average molecular weight is 732 g/mol. The number of aryl methyl sites for hydroxylation is 1. The highest BCUT2D eigenvalue weighted by Gasteiger charge is 2.29. The first kappa shape index (κ1) is 33.9. The summed E-state index contributed by atoms with van der Waals surface area (Å²) >= 11 is 1.69. The van der Waals surface area contributed by atoms with Gasteiger partial charge in [0.05, 0.1) is 28.7 Å². The van der Waals surface area contributed by atoms with Crippen molar-refractivity contribution >= 4 is 75.3 Å². The largest absolute Gasteiger partial charge is 0.439 e. The number of hydrogen-bond acceptors (Lipinski definition) is 8. The Morgan fingerprint density at radius 3 is 2.38 bits per heavy atom. The molecule has 0 aliphatic carbocycles. The fraction of sp³-hybridized carbons (Fsp3) is 0.216. The molecule has 13 heteroatoms. The Labute approximate surface area is 294 Å². The Morgan fingerprint density at radius 1 is 0.880 bits per heavy atom. The molecule has 258 valence electrons. The van der Waals surface area contributed by atoms with Crippen LogP contribution in [0, 0.1) is 0 Å². The predicted molar refractivity (Wildman–Crippen MR) is 198 cm³/mol. The molecule has 2 N–H and O–H groups in total. The zero-order valence-corrected chi connectivity index (χ0v) is 29.6. The van der Waals surface area contributed by atoms with Crippen molar-refractivity contribution in [2.24, 2.45) is 0 Å². The molecule has 10 nitrogen and oxygen atoms in total. The van der Waals surface area contributed by atoms with Crippen molar-refractivity contribution in [3.63, 3.8) is 0 Å². The Balaban J connectivity index is 1.28. The number of rotatable bonds is 12. The lowest BCUT2D eigenvalue weighted by atomic mass is 10.1. The van der Waals surface area contributed by atoms with E-state index in [1.54, 1.807) is 11.3 Å². The average Bonchev–Trinajstić information content (AvgIpc) is 3.76. The highest BCUT2D eigenvalue weighted by Crippen LogP contribution is 2.44. The minimum atomic E-state index is -4.16. The van der Waals surface area contributed by atoms with Crippen molar-refractivity contribution in [3.8, 4) is 16.2 Å². The van der Waals surface area contributed by atoms with Gasteiger partial charge in [-0.1, -0.05) is 49.4 Å². The second-order valence-electron chi connectivity index (χ2n) is 12.1. The van der Waals surface area contributed by atoms with Crippen molar-refractivity contribution in [2.45, 2.75) is 32.7 Å². The summed E-state index contributed by atoms with van der Waals surface area (Å²) in [6.07, 6.45) is 4.70. The van der Waals surface area contributed by atoms with Gasteiger partial charge < -0.3 is 14.1 Å². The second kappa shape index (κ2) is 13.6. The standard InChI is InChI=1S/C37H34N2O8S3/c1-2-25(22-36-39(18-8-20-50(43,44)45)37-29-11-5-3-9-26(29)13-16-32(37)47-36)21-35-38(17-7-19-49(40,41)42)30-23-28(14-15-31(30)46-35)34-24-27-10-4-6-12-33(27)48-34/h3-6,9-16,21-24H,2,7-8,17-20H2,1H3,(H-,40,41,42,43,44,45)/p+1. The van der Waals surface area contributed by atoms with Crippen LogP contribution in [0.4, 0.5) is 5.69 Å². The monoisotopic (exact) mass is 731 g/mol. The van der Waals surface area contributed by atoms with E-state index in [2.05, 4.69) is 18.2 Å². The van der Waals surface area contributed by atoms with E-state index in [1.807, 2.05) is 95.3 Å². The SMILES string of the molecule is CCC(/C=C1\Oc2ccc(-c3cc4ccccc4s3)cc2N1CCCS(=O)(=O)O)=C\c1oc2ccc3ccccc3c2[n+]1CCCS(=O)(=O)O. The normalized spacial score (nSPS) is 14.7.